The number of fused-ring (bicyclic) bond motifs is 1. The third-order valence-electron chi connectivity index (χ3n) is 3.73. The summed E-state index contributed by atoms with van der Waals surface area (Å²) in [6.45, 7) is 0.577. The molecule has 0 aromatic heterocycles. The van der Waals surface area contributed by atoms with Gasteiger partial charge in [0.25, 0.3) is 0 Å². The maximum atomic E-state index is 12.1. The highest BCUT2D eigenvalue weighted by Gasteiger charge is 2.28. The SMILES string of the molecule is O=C1CNC(C(=O)NC2Cc3ccccc3C2)CN1. The van der Waals surface area contributed by atoms with Crippen LogP contribution in [0.1, 0.15) is 11.1 Å². The van der Waals surface area contributed by atoms with Gasteiger partial charge in [0.2, 0.25) is 11.8 Å². The summed E-state index contributed by atoms with van der Waals surface area (Å²) in [7, 11) is 0. The van der Waals surface area contributed by atoms with Crippen molar-refractivity contribution in [2.75, 3.05) is 13.1 Å². The number of piperazine rings is 1. The van der Waals surface area contributed by atoms with E-state index >= 15 is 0 Å². The second kappa shape index (κ2) is 5.01. The lowest BCUT2D eigenvalue weighted by Crippen LogP contribution is -2.59. The average Bonchev–Trinajstić information content (AvgIpc) is 2.81. The third kappa shape index (κ3) is 2.61. The predicted molar refractivity (Wildman–Crippen MR) is 70.6 cm³/mol. The van der Waals surface area contributed by atoms with Gasteiger partial charge in [0.1, 0.15) is 6.04 Å². The van der Waals surface area contributed by atoms with Crippen molar-refractivity contribution in [1.29, 1.82) is 0 Å². The van der Waals surface area contributed by atoms with E-state index in [0.717, 1.165) is 12.8 Å². The molecule has 2 amide bonds. The molecule has 1 saturated heterocycles. The van der Waals surface area contributed by atoms with Gasteiger partial charge < -0.3 is 10.6 Å². The normalized spacial score (nSPS) is 22.7. The summed E-state index contributed by atoms with van der Waals surface area (Å²) in [6, 6.07) is 8.13. The molecule has 100 valence electrons. The molecule has 1 fully saturated rings. The number of benzene rings is 1. The van der Waals surface area contributed by atoms with Crippen molar-refractivity contribution in [3.8, 4) is 0 Å². The van der Waals surface area contributed by atoms with Crippen LogP contribution in [0.2, 0.25) is 0 Å². The van der Waals surface area contributed by atoms with Gasteiger partial charge in [0.15, 0.2) is 0 Å². The molecule has 0 spiro atoms. The van der Waals surface area contributed by atoms with E-state index in [-0.39, 0.29) is 30.4 Å². The van der Waals surface area contributed by atoms with Crippen molar-refractivity contribution in [3.63, 3.8) is 0 Å². The molecule has 0 bridgehead atoms. The minimum atomic E-state index is -0.318. The first kappa shape index (κ1) is 12.2. The fourth-order valence-corrected chi connectivity index (χ4v) is 2.71. The first-order chi connectivity index (χ1) is 9.22. The van der Waals surface area contributed by atoms with Crippen molar-refractivity contribution in [1.82, 2.24) is 16.0 Å². The number of hydrogen-bond acceptors (Lipinski definition) is 3. The van der Waals surface area contributed by atoms with E-state index in [0.29, 0.717) is 6.54 Å². The molecule has 3 N–H and O–H groups in total. The first-order valence-electron chi connectivity index (χ1n) is 6.59. The summed E-state index contributed by atoms with van der Waals surface area (Å²) in [5, 5.41) is 8.69. The fourth-order valence-electron chi connectivity index (χ4n) is 2.71. The molecular weight excluding hydrogens is 242 g/mol. The van der Waals surface area contributed by atoms with Crippen molar-refractivity contribution in [2.24, 2.45) is 0 Å². The summed E-state index contributed by atoms with van der Waals surface area (Å²) in [5.41, 5.74) is 2.63. The highest BCUT2D eigenvalue weighted by Crippen LogP contribution is 2.21. The Bertz CT molecular complexity index is 480. The summed E-state index contributed by atoms with van der Waals surface area (Å²) in [5.74, 6) is -0.0878. The minimum absolute atomic E-state index is 0.0298. The topological polar surface area (TPSA) is 70.2 Å². The molecule has 3 rings (SSSR count). The van der Waals surface area contributed by atoms with Crippen LogP contribution in [0.5, 0.6) is 0 Å². The number of nitrogens with one attached hydrogen (secondary N) is 3. The number of rotatable bonds is 2. The summed E-state index contributed by atoms with van der Waals surface area (Å²) in [6.07, 6.45) is 1.78. The van der Waals surface area contributed by atoms with Crippen LogP contribution in [-0.4, -0.2) is 37.0 Å². The van der Waals surface area contributed by atoms with Gasteiger partial charge in [0, 0.05) is 12.6 Å². The molecule has 1 aromatic carbocycles. The minimum Gasteiger partial charge on any atom is -0.353 e. The van der Waals surface area contributed by atoms with Crippen LogP contribution < -0.4 is 16.0 Å². The molecule has 2 aliphatic rings. The summed E-state index contributed by atoms with van der Waals surface area (Å²) < 4.78 is 0. The Kier molecular flexibility index (Phi) is 3.21. The summed E-state index contributed by atoms with van der Waals surface area (Å²) in [4.78, 5) is 23.1. The largest absolute Gasteiger partial charge is 0.353 e. The van der Waals surface area contributed by atoms with E-state index in [2.05, 4.69) is 28.1 Å². The molecule has 1 heterocycles. The van der Waals surface area contributed by atoms with Gasteiger partial charge in [-0.15, -0.1) is 0 Å². The lowest BCUT2D eigenvalue weighted by Gasteiger charge is -2.24. The zero-order valence-corrected chi connectivity index (χ0v) is 10.6. The van der Waals surface area contributed by atoms with E-state index in [1.165, 1.54) is 11.1 Å². The molecule has 0 saturated carbocycles. The molecule has 1 atom stereocenters. The van der Waals surface area contributed by atoms with Gasteiger partial charge in [-0.1, -0.05) is 24.3 Å². The highest BCUT2D eigenvalue weighted by molar-refractivity contribution is 5.87. The van der Waals surface area contributed by atoms with Crippen molar-refractivity contribution in [3.05, 3.63) is 35.4 Å². The number of carbonyl (C=O) groups is 2. The standard InChI is InChI=1S/C14H17N3O2/c18-13-8-15-12(7-16-13)14(19)17-11-5-9-3-1-2-4-10(9)6-11/h1-4,11-12,15H,5-8H2,(H,16,18)(H,17,19). The monoisotopic (exact) mass is 259 g/mol. The van der Waals surface area contributed by atoms with Gasteiger partial charge in [-0.25, -0.2) is 0 Å². The van der Waals surface area contributed by atoms with Crippen molar-refractivity contribution in [2.45, 2.75) is 24.9 Å². The van der Waals surface area contributed by atoms with E-state index < -0.39 is 0 Å². The number of amides is 2. The molecular formula is C14H17N3O2. The Balaban J connectivity index is 1.56. The maximum absolute atomic E-state index is 12.1. The van der Waals surface area contributed by atoms with E-state index in [9.17, 15) is 9.59 Å². The molecule has 1 aliphatic carbocycles. The van der Waals surface area contributed by atoms with Crippen molar-refractivity contribution >= 4 is 11.8 Å². The van der Waals surface area contributed by atoms with Gasteiger partial charge in [-0.05, 0) is 24.0 Å². The molecule has 0 radical (unpaired) electrons. The lowest BCUT2D eigenvalue weighted by molar-refractivity contribution is -0.127. The zero-order chi connectivity index (χ0) is 13.2. The second-order valence-corrected chi connectivity index (χ2v) is 5.12. The number of carbonyl (C=O) groups excluding carboxylic acids is 2. The van der Waals surface area contributed by atoms with E-state index in [1.54, 1.807) is 0 Å². The quantitative estimate of drug-likeness (QED) is 0.661. The lowest BCUT2D eigenvalue weighted by atomic mass is 10.1. The Morgan fingerprint density at radius 1 is 1.21 bits per heavy atom. The van der Waals surface area contributed by atoms with E-state index in [1.807, 2.05) is 12.1 Å². The summed E-state index contributed by atoms with van der Waals surface area (Å²) >= 11 is 0. The van der Waals surface area contributed by atoms with Gasteiger partial charge in [-0.3, -0.25) is 14.9 Å². The Labute approximate surface area is 111 Å². The molecule has 5 heteroatoms. The Hall–Kier alpha value is -1.88. The average molecular weight is 259 g/mol. The van der Waals surface area contributed by atoms with Crippen LogP contribution in [0, 0.1) is 0 Å². The third-order valence-corrected chi connectivity index (χ3v) is 3.73. The van der Waals surface area contributed by atoms with Gasteiger partial charge in [-0.2, -0.15) is 0 Å². The fraction of sp³-hybridized carbons (Fsp3) is 0.429. The molecule has 1 aliphatic heterocycles. The van der Waals surface area contributed by atoms with Crippen LogP contribution in [-0.2, 0) is 22.4 Å². The Morgan fingerprint density at radius 2 is 1.89 bits per heavy atom. The van der Waals surface area contributed by atoms with Crippen LogP contribution in [0.25, 0.3) is 0 Å². The zero-order valence-electron chi connectivity index (χ0n) is 10.6. The first-order valence-corrected chi connectivity index (χ1v) is 6.59. The maximum Gasteiger partial charge on any atom is 0.239 e. The highest BCUT2D eigenvalue weighted by atomic mass is 16.2. The Morgan fingerprint density at radius 3 is 2.47 bits per heavy atom. The molecule has 1 aromatic rings. The second-order valence-electron chi connectivity index (χ2n) is 5.12. The molecule has 1 unspecified atom stereocenters. The number of hydrogen-bond donors (Lipinski definition) is 3. The van der Waals surface area contributed by atoms with Crippen LogP contribution >= 0.6 is 0 Å². The van der Waals surface area contributed by atoms with Crippen LogP contribution in [0.3, 0.4) is 0 Å². The van der Waals surface area contributed by atoms with E-state index in [4.69, 9.17) is 0 Å². The predicted octanol–water partition coefficient (Wildman–Crippen LogP) is -0.642. The van der Waals surface area contributed by atoms with Crippen molar-refractivity contribution < 1.29 is 9.59 Å². The van der Waals surface area contributed by atoms with Crippen LogP contribution in [0.4, 0.5) is 0 Å². The van der Waals surface area contributed by atoms with Gasteiger partial charge >= 0.3 is 0 Å². The van der Waals surface area contributed by atoms with Gasteiger partial charge in [0.05, 0.1) is 6.54 Å². The van der Waals surface area contributed by atoms with Crippen LogP contribution in [0.15, 0.2) is 24.3 Å². The molecule has 5 nitrogen and oxygen atoms in total. The molecule has 19 heavy (non-hydrogen) atoms. The smallest absolute Gasteiger partial charge is 0.239 e.